The van der Waals surface area contributed by atoms with Crippen LogP contribution in [-0.2, 0) is 0 Å². The molecule has 0 fully saturated rings. The van der Waals surface area contributed by atoms with Crippen molar-refractivity contribution in [1.82, 2.24) is 10.2 Å². The first kappa shape index (κ1) is 9.98. The Hall–Kier alpha value is -2.55. The molecule has 0 spiro atoms. The zero-order valence-electron chi connectivity index (χ0n) is 8.44. The standard InChI is InChI=1S/C10H8N4O2/c1-6-8(2-3-16-6)10(15)13-9-7(4-11)5-12-14-9/h2-3,5H,1H3,(H2,12,13,14,15). The quantitative estimate of drug-likeness (QED) is 0.793. The summed E-state index contributed by atoms with van der Waals surface area (Å²) in [7, 11) is 0. The zero-order chi connectivity index (χ0) is 11.5. The number of carbonyl (C=O) groups excluding carboxylic acids is 1. The predicted octanol–water partition coefficient (Wildman–Crippen LogP) is 1.44. The van der Waals surface area contributed by atoms with Gasteiger partial charge in [0.15, 0.2) is 0 Å². The molecule has 2 aromatic rings. The van der Waals surface area contributed by atoms with E-state index in [1.807, 2.05) is 6.07 Å². The molecule has 2 heterocycles. The predicted molar refractivity (Wildman–Crippen MR) is 54.7 cm³/mol. The number of aromatic nitrogens is 2. The van der Waals surface area contributed by atoms with Crippen LogP contribution < -0.4 is 5.32 Å². The van der Waals surface area contributed by atoms with Crippen molar-refractivity contribution >= 4 is 11.7 Å². The molecule has 0 atom stereocenters. The number of nitriles is 1. The number of furan rings is 1. The Morgan fingerprint density at radius 1 is 1.69 bits per heavy atom. The third-order valence-corrected chi connectivity index (χ3v) is 2.10. The normalized spacial score (nSPS) is 9.75. The van der Waals surface area contributed by atoms with Gasteiger partial charge in [0.25, 0.3) is 5.91 Å². The third kappa shape index (κ3) is 1.66. The molecule has 80 valence electrons. The van der Waals surface area contributed by atoms with E-state index in [1.54, 1.807) is 13.0 Å². The second kappa shape index (κ2) is 3.90. The Kier molecular flexibility index (Phi) is 2.44. The molecule has 16 heavy (non-hydrogen) atoms. The van der Waals surface area contributed by atoms with Crippen molar-refractivity contribution in [3.05, 3.63) is 35.4 Å². The average Bonchev–Trinajstić information content (AvgIpc) is 2.86. The van der Waals surface area contributed by atoms with Crippen molar-refractivity contribution in [3.63, 3.8) is 0 Å². The number of amides is 1. The van der Waals surface area contributed by atoms with E-state index in [0.29, 0.717) is 11.3 Å². The first-order chi connectivity index (χ1) is 7.72. The molecule has 2 N–H and O–H groups in total. The van der Waals surface area contributed by atoms with Gasteiger partial charge in [0.1, 0.15) is 23.2 Å². The van der Waals surface area contributed by atoms with E-state index >= 15 is 0 Å². The van der Waals surface area contributed by atoms with Crippen LogP contribution in [0.2, 0.25) is 0 Å². The lowest BCUT2D eigenvalue weighted by Gasteiger charge is -2.00. The fraction of sp³-hybridized carbons (Fsp3) is 0.100. The van der Waals surface area contributed by atoms with E-state index in [0.717, 1.165) is 0 Å². The maximum atomic E-state index is 11.7. The van der Waals surface area contributed by atoms with Crippen molar-refractivity contribution in [1.29, 1.82) is 5.26 Å². The minimum Gasteiger partial charge on any atom is -0.469 e. The maximum Gasteiger partial charge on any atom is 0.260 e. The molecule has 6 heteroatoms. The summed E-state index contributed by atoms with van der Waals surface area (Å²) in [5.74, 6) is 0.468. The van der Waals surface area contributed by atoms with Crippen molar-refractivity contribution < 1.29 is 9.21 Å². The lowest BCUT2D eigenvalue weighted by atomic mass is 10.2. The van der Waals surface area contributed by atoms with Crippen LogP contribution in [0, 0.1) is 18.3 Å². The number of anilines is 1. The Labute approximate surface area is 90.9 Å². The maximum absolute atomic E-state index is 11.7. The number of carbonyl (C=O) groups is 1. The summed E-state index contributed by atoms with van der Waals surface area (Å²) in [5, 5.41) is 17.5. The fourth-order valence-corrected chi connectivity index (χ4v) is 1.27. The molecule has 0 unspecified atom stereocenters. The Morgan fingerprint density at radius 3 is 3.12 bits per heavy atom. The van der Waals surface area contributed by atoms with Gasteiger partial charge in [-0.15, -0.1) is 0 Å². The number of nitrogens with one attached hydrogen (secondary N) is 2. The van der Waals surface area contributed by atoms with E-state index in [-0.39, 0.29) is 17.3 Å². The molecule has 0 saturated carbocycles. The van der Waals surface area contributed by atoms with Gasteiger partial charge in [0.2, 0.25) is 0 Å². The fourth-order valence-electron chi connectivity index (χ4n) is 1.27. The topological polar surface area (TPSA) is 94.7 Å². The van der Waals surface area contributed by atoms with Gasteiger partial charge in [0, 0.05) is 0 Å². The highest BCUT2D eigenvalue weighted by atomic mass is 16.3. The molecule has 2 rings (SSSR count). The molecule has 0 aliphatic heterocycles. The molecule has 0 aromatic carbocycles. The van der Waals surface area contributed by atoms with E-state index in [4.69, 9.17) is 9.68 Å². The molecule has 0 bridgehead atoms. The summed E-state index contributed by atoms with van der Waals surface area (Å²) in [5.41, 5.74) is 0.716. The van der Waals surface area contributed by atoms with E-state index in [2.05, 4.69) is 15.5 Å². The van der Waals surface area contributed by atoms with Gasteiger partial charge in [-0.3, -0.25) is 9.89 Å². The van der Waals surface area contributed by atoms with Crippen LogP contribution in [0.1, 0.15) is 21.7 Å². The van der Waals surface area contributed by atoms with E-state index in [9.17, 15) is 4.79 Å². The number of rotatable bonds is 2. The van der Waals surface area contributed by atoms with Crippen LogP contribution >= 0.6 is 0 Å². The number of hydrogen-bond donors (Lipinski definition) is 2. The first-order valence-corrected chi connectivity index (χ1v) is 4.51. The van der Waals surface area contributed by atoms with Gasteiger partial charge >= 0.3 is 0 Å². The summed E-state index contributed by atoms with van der Waals surface area (Å²) < 4.78 is 5.01. The smallest absolute Gasteiger partial charge is 0.260 e. The highest BCUT2D eigenvalue weighted by Gasteiger charge is 2.14. The zero-order valence-corrected chi connectivity index (χ0v) is 8.44. The molecule has 2 aromatic heterocycles. The van der Waals surface area contributed by atoms with Gasteiger partial charge < -0.3 is 9.73 Å². The van der Waals surface area contributed by atoms with Gasteiger partial charge in [-0.2, -0.15) is 10.4 Å². The van der Waals surface area contributed by atoms with E-state index in [1.165, 1.54) is 12.5 Å². The number of aryl methyl sites for hydroxylation is 1. The number of nitrogens with zero attached hydrogens (tertiary/aromatic N) is 2. The van der Waals surface area contributed by atoms with Crippen LogP contribution in [0.5, 0.6) is 0 Å². The number of aromatic amines is 1. The second-order valence-corrected chi connectivity index (χ2v) is 3.12. The number of hydrogen-bond acceptors (Lipinski definition) is 4. The van der Waals surface area contributed by atoms with Gasteiger partial charge in [-0.1, -0.05) is 0 Å². The molecule has 0 radical (unpaired) electrons. The van der Waals surface area contributed by atoms with Crippen molar-refractivity contribution in [2.75, 3.05) is 5.32 Å². The molecule has 0 saturated heterocycles. The first-order valence-electron chi connectivity index (χ1n) is 4.51. The minimum absolute atomic E-state index is 0.285. The highest BCUT2D eigenvalue weighted by molar-refractivity contribution is 6.04. The van der Waals surface area contributed by atoms with Gasteiger partial charge in [-0.05, 0) is 13.0 Å². The Bertz CT molecular complexity index is 561. The molecule has 0 aliphatic rings. The molecular formula is C10H8N4O2. The van der Waals surface area contributed by atoms with Crippen LogP contribution in [0.3, 0.4) is 0 Å². The summed E-state index contributed by atoms with van der Waals surface area (Å²) in [6.07, 6.45) is 2.78. The molecule has 6 nitrogen and oxygen atoms in total. The van der Waals surface area contributed by atoms with Crippen molar-refractivity contribution in [3.8, 4) is 6.07 Å². The molecule has 0 aliphatic carbocycles. The third-order valence-electron chi connectivity index (χ3n) is 2.10. The monoisotopic (exact) mass is 216 g/mol. The van der Waals surface area contributed by atoms with Gasteiger partial charge in [0.05, 0.1) is 18.0 Å². The lowest BCUT2D eigenvalue weighted by molar-refractivity contribution is 0.102. The van der Waals surface area contributed by atoms with Crippen molar-refractivity contribution in [2.45, 2.75) is 6.92 Å². The van der Waals surface area contributed by atoms with Crippen LogP contribution in [0.4, 0.5) is 5.82 Å². The Balaban J connectivity index is 2.21. The van der Waals surface area contributed by atoms with E-state index < -0.39 is 0 Å². The molecule has 1 amide bonds. The second-order valence-electron chi connectivity index (χ2n) is 3.12. The summed E-state index contributed by atoms with van der Waals surface area (Å²) in [6, 6.07) is 3.47. The number of H-pyrrole nitrogens is 1. The average molecular weight is 216 g/mol. The van der Waals surface area contributed by atoms with Crippen molar-refractivity contribution in [2.24, 2.45) is 0 Å². The minimum atomic E-state index is -0.341. The van der Waals surface area contributed by atoms with Crippen LogP contribution in [-0.4, -0.2) is 16.1 Å². The highest BCUT2D eigenvalue weighted by Crippen LogP contribution is 2.13. The van der Waals surface area contributed by atoms with Gasteiger partial charge in [-0.25, -0.2) is 0 Å². The molecular weight excluding hydrogens is 208 g/mol. The largest absolute Gasteiger partial charge is 0.469 e. The summed E-state index contributed by atoms with van der Waals surface area (Å²) >= 11 is 0. The SMILES string of the molecule is Cc1occc1C(=O)Nc1[nH]ncc1C#N. The van der Waals surface area contributed by atoms with Crippen LogP contribution in [0.15, 0.2) is 22.9 Å². The Morgan fingerprint density at radius 2 is 2.50 bits per heavy atom. The summed E-state index contributed by atoms with van der Waals surface area (Å²) in [6.45, 7) is 1.69. The summed E-state index contributed by atoms with van der Waals surface area (Å²) in [4.78, 5) is 11.7. The van der Waals surface area contributed by atoms with Crippen LogP contribution in [0.25, 0.3) is 0 Å². The lowest BCUT2D eigenvalue weighted by Crippen LogP contribution is -2.13.